The predicted molar refractivity (Wildman–Crippen MR) is 81.5 cm³/mol. The molecule has 2 aliphatic rings. The predicted octanol–water partition coefficient (Wildman–Crippen LogP) is 5.53. The molecule has 3 atom stereocenters. The van der Waals surface area contributed by atoms with E-state index in [1.54, 1.807) is 19.3 Å². The molecule has 0 aromatic heterocycles. The van der Waals surface area contributed by atoms with E-state index in [0.717, 1.165) is 23.7 Å². The molecule has 0 saturated heterocycles. The van der Waals surface area contributed by atoms with Crippen molar-refractivity contribution < 1.29 is 0 Å². The minimum Gasteiger partial charge on any atom is -0.0776 e. The lowest BCUT2D eigenvalue weighted by molar-refractivity contribution is 0.0747. The Balaban J connectivity index is 0. The summed E-state index contributed by atoms with van der Waals surface area (Å²) in [5, 5.41) is 0. The minimum atomic E-state index is 0. The van der Waals surface area contributed by atoms with Crippen LogP contribution in [0.3, 0.4) is 0 Å². The monoisotopic (exact) mass is 237 g/mol. The van der Waals surface area contributed by atoms with Gasteiger partial charge in [0.2, 0.25) is 0 Å². The fraction of sp³-hybridized carbons (Fsp3) is 1.00. The molecule has 0 heterocycles. The van der Waals surface area contributed by atoms with Gasteiger partial charge in [-0.1, -0.05) is 67.2 Å². The molecule has 0 N–H and O–H groups in total. The summed E-state index contributed by atoms with van der Waals surface area (Å²) in [6, 6.07) is 0. The molecule has 0 aromatic carbocycles. The maximum atomic E-state index is 2.43. The molecule has 1 heteroatoms. The van der Waals surface area contributed by atoms with E-state index < -0.39 is 0 Å². The van der Waals surface area contributed by atoms with E-state index in [1.807, 2.05) is 13.8 Å². The number of fused-ring (bicyclic) bond motifs is 1. The zero-order valence-electron chi connectivity index (χ0n) is 11.8. The molecule has 0 bridgehead atoms. The van der Waals surface area contributed by atoms with E-state index in [-0.39, 0.29) is 15.8 Å². The van der Waals surface area contributed by atoms with Gasteiger partial charge in [0.25, 0.3) is 0 Å². The first-order valence-corrected chi connectivity index (χ1v) is 7.29. The molecule has 3 unspecified atom stereocenters. The summed E-state index contributed by atoms with van der Waals surface area (Å²) in [5.74, 6) is 4.24. The van der Waals surface area contributed by atoms with Crippen molar-refractivity contribution in [1.29, 1.82) is 0 Å². The van der Waals surface area contributed by atoms with E-state index >= 15 is 0 Å². The molecular weight excluding hydrogens is 203 g/mol. The van der Waals surface area contributed by atoms with Gasteiger partial charge in [-0.3, -0.25) is 0 Å². The maximum Gasteiger partial charge on any atom is 0 e. The summed E-state index contributed by atoms with van der Waals surface area (Å²) < 4.78 is 0. The molecule has 17 heavy (non-hydrogen) atoms. The van der Waals surface area contributed by atoms with Crippen molar-refractivity contribution in [2.45, 2.75) is 80.1 Å². The zero-order chi connectivity index (χ0) is 11.3. The Labute approximate surface area is 113 Å². The Morgan fingerprint density at radius 2 is 1.35 bits per heavy atom. The van der Waals surface area contributed by atoms with Crippen LogP contribution in [0, 0.1) is 23.7 Å². The van der Waals surface area contributed by atoms with Crippen LogP contribution in [0.5, 0.6) is 0 Å². The highest BCUT2D eigenvalue weighted by Crippen LogP contribution is 2.46. The fourth-order valence-electron chi connectivity index (χ4n) is 3.82. The summed E-state index contributed by atoms with van der Waals surface area (Å²) in [4.78, 5) is 0. The molecular formula is C16H34B. The van der Waals surface area contributed by atoms with Crippen LogP contribution in [0.15, 0.2) is 0 Å². The average Bonchev–Trinajstić information content (AvgIpc) is 2.31. The van der Waals surface area contributed by atoms with Crippen molar-refractivity contribution in [3.63, 3.8) is 0 Å². The van der Waals surface area contributed by atoms with Gasteiger partial charge in [-0.2, -0.15) is 0 Å². The Kier molecular flexibility index (Phi) is 11.5. The minimum absolute atomic E-state index is 0. The topological polar surface area (TPSA) is 0 Å². The number of hydrogen-bond acceptors (Lipinski definition) is 0. The Hall–Kier alpha value is 0.0649. The Bertz CT molecular complexity index is 163. The van der Waals surface area contributed by atoms with Gasteiger partial charge in [-0.15, -0.1) is 0 Å². The van der Waals surface area contributed by atoms with Crippen LogP contribution < -0.4 is 0 Å². The van der Waals surface area contributed by atoms with Crippen molar-refractivity contribution in [1.82, 2.24) is 0 Å². The summed E-state index contributed by atoms with van der Waals surface area (Å²) in [7, 11) is 0. The molecule has 2 rings (SSSR count). The van der Waals surface area contributed by atoms with Crippen LogP contribution in [0.1, 0.15) is 80.1 Å². The van der Waals surface area contributed by atoms with Crippen LogP contribution in [-0.2, 0) is 0 Å². The van der Waals surface area contributed by atoms with Gasteiger partial charge < -0.3 is 0 Å². The normalized spacial score (nSPS) is 31.2. The van der Waals surface area contributed by atoms with Crippen molar-refractivity contribution in [2.24, 2.45) is 23.7 Å². The van der Waals surface area contributed by atoms with E-state index in [9.17, 15) is 0 Å². The Morgan fingerprint density at radius 3 is 1.94 bits per heavy atom. The van der Waals surface area contributed by atoms with Gasteiger partial charge in [0, 0.05) is 8.41 Å². The number of rotatable bonds is 1. The first kappa shape index (κ1) is 19.4. The van der Waals surface area contributed by atoms with Gasteiger partial charge in [0.1, 0.15) is 0 Å². The van der Waals surface area contributed by atoms with E-state index in [1.165, 1.54) is 25.7 Å². The molecule has 2 saturated carbocycles. The highest BCUT2D eigenvalue weighted by atomic mass is 14.4. The molecule has 2 aliphatic carbocycles. The highest BCUT2D eigenvalue weighted by Gasteiger charge is 2.35. The second-order valence-corrected chi connectivity index (χ2v) is 5.55. The summed E-state index contributed by atoms with van der Waals surface area (Å²) in [6.45, 7) is 8.86. The SMILES string of the molecule is C.CC.CC(C)C1CCCC2CCCCC21.[B]. The van der Waals surface area contributed by atoms with E-state index in [0.29, 0.717) is 0 Å². The summed E-state index contributed by atoms with van der Waals surface area (Å²) >= 11 is 0. The van der Waals surface area contributed by atoms with Gasteiger partial charge in [0.15, 0.2) is 0 Å². The van der Waals surface area contributed by atoms with Crippen LogP contribution in [0.4, 0.5) is 0 Å². The second-order valence-electron chi connectivity index (χ2n) is 5.55. The Morgan fingerprint density at radius 1 is 0.824 bits per heavy atom. The van der Waals surface area contributed by atoms with Gasteiger partial charge >= 0.3 is 0 Å². The molecule has 0 spiro atoms. The zero-order valence-corrected chi connectivity index (χ0v) is 11.8. The maximum absolute atomic E-state index is 2.43. The van der Waals surface area contributed by atoms with Crippen LogP contribution in [-0.4, -0.2) is 8.41 Å². The van der Waals surface area contributed by atoms with Crippen LogP contribution in [0.2, 0.25) is 0 Å². The van der Waals surface area contributed by atoms with Crippen molar-refractivity contribution in [2.75, 3.05) is 0 Å². The third-order valence-electron chi connectivity index (χ3n) is 4.49. The largest absolute Gasteiger partial charge is 0.0776 e. The van der Waals surface area contributed by atoms with Crippen molar-refractivity contribution >= 4 is 8.41 Å². The molecule has 0 aromatic rings. The molecule has 2 fully saturated rings. The van der Waals surface area contributed by atoms with E-state index in [2.05, 4.69) is 13.8 Å². The van der Waals surface area contributed by atoms with Crippen molar-refractivity contribution in [3.8, 4) is 0 Å². The molecule has 3 radical (unpaired) electrons. The van der Waals surface area contributed by atoms with Gasteiger partial charge in [-0.25, -0.2) is 0 Å². The first-order chi connectivity index (χ1) is 7.29. The molecule has 0 amide bonds. The van der Waals surface area contributed by atoms with Gasteiger partial charge in [0.05, 0.1) is 0 Å². The first-order valence-electron chi connectivity index (χ1n) is 7.29. The van der Waals surface area contributed by atoms with E-state index in [4.69, 9.17) is 0 Å². The lowest BCUT2D eigenvalue weighted by atomic mass is 9.63. The van der Waals surface area contributed by atoms with Crippen LogP contribution in [0.25, 0.3) is 0 Å². The van der Waals surface area contributed by atoms with Gasteiger partial charge in [-0.05, 0) is 36.5 Å². The van der Waals surface area contributed by atoms with Crippen molar-refractivity contribution in [3.05, 3.63) is 0 Å². The molecule has 0 aliphatic heterocycles. The fourth-order valence-corrected chi connectivity index (χ4v) is 3.82. The molecule has 101 valence electrons. The highest BCUT2D eigenvalue weighted by molar-refractivity contribution is 5.75. The number of hydrogen-bond donors (Lipinski definition) is 0. The lowest BCUT2D eigenvalue weighted by Crippen LogP contribution is -2.33. The second kappa shape index (κ2) is 10.0. The smallest absolute Gasteiger partial charge is 0 e. The summed E-state index contributed by atoms with van der Waals surface area (Å²) in [5.41, 5.74) is 0. The standard InChI is InChI=1S/C13H24.C2H6.CH4.B/c1-10(2)12-9-5-7-11-6-3-4-8-13(11)12;1-2;;/h10-13H,3-9H2,1-2H3;1-2H3;1H4;. The lowest BCUT2D eigenvalue weighted by Gasteiger charge is -2.43. The third kappa shape index (κ3) is 5.06. The van der Waals surface area contributed by atoms with Crippen LogP contribution >= 0.6 is 0 Å². The average molecular weight is 237 g/mol. The molecule has 0 nitrogen and oxygen atoms in total. The summed E-state index contributed by atoms with van der Waals surface area (Å²) in [6.07, 6.45) is 10.7. The third-order valence-corrected chi connectivity index (χ3v) is 4.49. The quantitative estimate of drug-likeness (QED) is 0.526.